The lowest BCUT2D eigenvalue weighted by Crippen LogP contribution is -1.93. The fourth-order valence-corrected chi connectivity index (χ4v) is 1.70. The van der Waals surface area contributed by atoms with Gasteiger partial charge < -0.3 is 4.57 Å². The number of hydrogen-bond acceptors (Lipinski definition) is 3. The van der Waals surface area contributed by atoms with Gasteiger partial charge in [0.15, 0.2) is 10.4 Å². The molecule has 0 N–H and O–H groups in total. The van der Waals surface area contributed by atoms with E-state index < -0.39 is 0 Å². The fraction of sp³-hybridized carbons (Fsp3) is 0.375. The lowest BCUT2D eigenvalue weighted by molar-refractivity contribution is 0.755. The Balaban J connectivity index is 2.29. The monoisotopic (exact) mass is 238 g/mol. The van der Waals surface area contributed by atoms with Gasteiger partial charge in [0.2, 0.25) is 0 Å². The molecule has 1 saturated carbocycles. The molecular weight excluding hydrogens is 232 g/mol. The van der Waals surface area contributed by atoms with Crippen LogP contribution in [0.3, 0.4) is 0 Å². The van der Waals surface area contributed by atoms with Crippen molar-refractivity contribution in [3.63, 3.8) is 0 Å². The van der Waals surface area contributed by atoms with Crippen LogP contribution in [0.4, 0.5) is 0 Å². The summed E-state index contributed by atoms with van der Waals surface area (Å²) in [6.45, 7) is 0. The molecule has 0 aromatic carbocycles. The molecule has 1 fully saturated rings. The minimum atomic E-state index is 0.617. The number of aromatic nitrogens is 4. The molecule has 1 aliphatic rings. The van der Waals surface area contributed by atoms with Crippen LogP contribution in [0.5, 0.6) is 0 Å². The standard InChI is InChI=1S/C8H7BrN4/c9-8-10-3-6-7(12-8)13(4-11-6)5-1-2-5/h3-5H,1-2H2. The summed E-state index contributed by atoms with van der Waals surface area (Å²) in [7, 11) is 0. The van der Waals surface area contributed by atoms with Gasteiger partial charge in [0.1, 0.15) is 5.52 Å². The van der Waals surface area contributed by atoms with Crippen LogP contribution in [0.25, 0.3) is 11.2 Å². The highest BCUT2D eigenvalue weighted by atomic mass is 79.9. The second-order valence-electron chi connectivity index (χ2n) is 3.23. The van der Waals surface area contributed by atoms with Gasteiger partial charge in [0.05, 0.1) is 12.5 Å². The van der Waals surface area contributed by atoms with E-state index in [0.717, 1.165) is 11.2 Å². The van der Waals surface area contributed by atoms with E-state index in [-0.39, 0.29) is 0 Å². The Morgan fingerprint density at radius 1 is 1.38 bits per heavy atom. The number of imidazole rings is 1. The molecule has 1 aliphatic carbocycles. The van der Waals surface area contributed by atoms with E-state index in [2.05, 4.69) is 35.4 Å². The zero-order valence-electron chi connectivity index (χ0n) is 6.81. The molecule has 4 nitrogen and oxygen atoms in total. The first kappa shape index (κ1) is 7.44. The molecule has 5 heteroatoms. The Morgan fingerprint density at radius 2 is 2.23 bits per heavy atom. The maximum atomic E-state index is 4.30. The molecule has 0 atom stereocenters. The van der Waals surface area contributed by atoms with Crippen molar-refractivity contribution in [3.8, 4) is 0 Å². The number of nitrogens with zero attached hydrogens (tertiary/aromatic N) is 4. The lowest BCUT2D eigenvalue weighted by atomic mass is 10.5. The summed E-state index contributed by atoms with van der Waals surface area (Å²) in [5.41, 5.74) is 1.81. The molecular formula is C8H7BrN4. The summed E-state index contributed by atoms with van der Waals surface area (Å²) < 4.78 is 2.75. The Morgan fingerprint density at radius 3 is 3.00 bits per heavy atom. The smallest absolute Gasteiger partial charge is 0.198 e. The summed E-state index contributed by atoms with van der Waals surface area (Å²) in [5, 5.41) is 0. The third-order valence-corrected chi connectivity index (χ3v) is 2.61. The highest BCUT2D eigenvalue weighted by Gasteiger charge is 2.25. The highest BCUT2D eigenvalue weighted by Crippen LogP contribution is 2.36. The topological polar surface area (TPSA) is 43.6 Å². The fourth-order valence-electron chi connectivity index (χ4n) is 1.43. The van der Waals surface area contributed by atoms with Crippen LogP contribution in [0.1, 0.15) is 18.9 Å². The van der Waals surface area contributed by atoms with Crippen LogP contribution < -0.4 is 0 Å². The zero-order chi connectivity index (χ0) is 8.84. The summed E-state index contributed by atoms with van der Waals surface area (Å²) in [4.78, 5) is 12.6. The first-order valence-corrected chi connectivity index (χ1v) is 4.99. The summed E-state index contributed by atoms with van der Waals surface area (Å²) in [6.07, 6.45) is 6.08. The predicted molar refractivity (Wildman–Crippen MR) is 51.3 cm³/mol. The van der Waals surface area contributed by atoms with Crippen molar-refractivity contribution in [2.45, 2.75) is 18.9 Å². The van der Waals surface area contributed by atoms with E-state index in [1.165, 1.54) is 12.8 Å². The molecule has 66 valence electrons. The molecule has 0 aliphatic heterocycles. The first-order valence-electron chi connectivity index (χ1n) is 4.19. The predicted octanol–water partition coefficient (Wildman–Crippen LogP) is 1.92. The molecule has 0 unspecified atom stereocenters. The molecule has 0 amide bonds. The zero-order valence-corrected chi connectivity index (χ0v) is 8.40. The quantitative estimate of drug-likeness (QED) is 0.714. The molecule has 3 rings (SSSR count). The number of halogens is 1. The van der Waals surface area contributed by atoms with Crippen molar-refractivity contribution in [1.29, 1.82) is 0 Å². The molecule has 0 spiro atoms. The van der Waals surface area contributed by atoms with Crippen molar-refractivity contribution in [2.75, 3.05) is 0 Å². The molecule has 2 aromatic rings. The van der Waals surface area contributed by atoms with E-state index in [9.17, 15) is 0 Å². The maximum absolute atomic E-state index is 4.30. The van der Waals surface area contributed by atoms with Gasteiger partial charge in [-0.2, -0.15) is 0 Å². The van der Waals surface area contributed by atoms with Gasteiger partial charge in [-0.1, -0.05) is 0 Å². The van der Waals surface area contributed by atoms with E-state index in [1.807, 2.05) is 6.33 Å². The minimum absolute atomic E-state index is 0.617. The van der Waals surface area contributed by atoms with Crippen LogP contribution in [-0.2, 0) is 0 Å². The van der Waals surface area contributed by atoms with E-state index >= 15 is 0 Å². The summed E-state index contributed by atoms with van der Waals surface area (Å²) >= 11 is 3.26. The van der Waals surface area contributed by atoms with Crippen LogP contribution in [0, 0.1) is 0 Å². The van der Waals surface area contributed by atoms with Gasteiger partial charge in [0.25, 0.3) is 0 Å². The van der Waals surface area contributed by atoms with Crippen LogP contribution in [0.2, 0.25) is 0 Å². The van der Waals surface area contributed by atoms with E-state index in [1.54, 1.807) is 6.20 Å². The van der Waals surface area contributed by atoms with Crippen LogP contribution in [0.15, 0.2) is 17.3 Å². The van der Waals surface area contributed by atoms with Gasteiger partial charge in [-0.25, -0.2) is 15.0 Å². The van der Waals surface area contributed by atoms with Crippen LogP contribution >= 0.6 is 15.9 Å². The normalized spacial score (nSPS) is 16.7. The molecule has 2 aromatic heterocycles. The Labute approximate surface area is 83.1 Å². The Kier molecular flexibility index (Phi) is 1.44. The minimum Gasteiger partial charge on any atom is -0.312 e. The van der Waals surface area contributed by atoms with E-state index in [0.29, 0.717) is 10.8 Å². The van der Waals surface area contributed by atoms with Gasteiger partial charge in [-0.15, -0.1) is 0 Å². The number of hydrogen-bond donors (Lipinski definition) is 0. The van der Waals surface area contributed by atoms with Crippen molar-refractivity contribution in [3.05, 3.63) is 17.3 Å². The highest BCUT2D eigenvalue weighted by molar-refractivity contribution is 9.10. The van der Waals surface area contributed by atoms with Crippen molar-refractivity contribution < 1.29 is 0 Å². The SMILES string of the molecule is Brc1ncc2ncn(C3CC3)c2n1. The van der Waals surface area contributed by atoms with Crippen molar-refractivity contribution >= 4 is 27.1 Å². The van der Waals surface area contributed by atoms with Gasteiger partial charge in [0, 0.05) is 6.04 Å². The Hall–Kier alpha value is -0.970. The maximum Gasteiger partial charge on any atom is 0.198 e. The average molecular weight is 239 g/mol. The summed E-state index contributed by atoms with van der Waals surface area (Å²) in [6, 6.07) is 0.617. The van der Waals surface area contributed by atoms with E-state index in [4.69, 9.17) is 0 Å². The molecule has 0 saturated heterocycles. The first-order chi connectivity index (χ1) is 6.34. The molecule has 2 heterocycles. The van der Waals surface area contributed by atoms with Gasteiger partial charge in [-0.3, -0.25) is 0 Å². The molecule has 0 radical (unpaired) electrons. The lowest BCUT2D eigenvalue weighted by Gasteiger charge is -1.98. The van der Waals surface area contributed by atoms with Gasteiger partial charge >= 0.3 is 0 Å². The van der Waals surface area contributed by atoms with Crippen LogP contribution in [-0.4, -0.2) is 19.5 Å². The van der Waals surface area contributed by atoms with Gasteiger partial charge in [-0.05, 0) is 28.8 Å². The van der Waals surface area contributed by atoms with Crippen molar-refractivity contribution in [2.24, 2.45) is 0 Å². The number of rotatable bonds is 1. The second kappa shape index (κ2) is 2.51. The second-order valence-corrected chi connectivity index (χ2v) is 3.94. The largest absolute Gasteiger partial charge is 0.312 e. The third kappa shape index (κ3) is 1.14. The molecule has 0 bridgehead atoms. The molecule has 13 heavy (non-hydrogen) atoms. The summed E-state index contributed by atoms with van der Waals surface area (Å²) in [5.74, 6) is 0. The average Bonchev–Trinajstić information content (AvgIpc) is 2.87. The van der Waals surface area contributed by atoms with Crippen molar-refractivity contribution in [1.82, 2.24) is 19.5 Å². The Bertz CT molecular complexity index is 460. The third-order valence-electron chi connectivity index (χ3n) is 2.23. The number of fused-ring (bicyclic) bond motifs is 1.